The number of ketones is 1. The van der Waals surface area contributed by atoms with Crippen LogP contribution in [0.1, 0.15) is 50.0 Å². The van der Waals surface area contributed by atoms with Gasteiger partial charge in [0.15, 0.2) is 5.78 Å². The minimum Gasteiger partial charge on any atom is -0.325 e. The molecule has 0 aromatic heterocycles. The fraction of sp³-hybridized carbons (Fsp3) is 0.400. The van der Waals surface area contributed by atoms with Crippen molar-refractivity contribution in [1.29, 1.82) is 5.26 Å². The third kappa shape index (κ3) is 3.92. The number of nitriles is 1. The van der Waals surface area contributed by atoms with Crippen LogP contribution in [0, 0.1) is 11.3 Å². The minimum absolute atomic E-state index is 0.0135. The van der Waals surface area contributed by atoms with E-state index in [-0.39, 0.29) is 23.5 Å². The number of anilines is 1. The molecule has 0 atom stereocenters. The van der Waals surface area contributed by atoms with Crippen LogP contribution < -0.4 is 5.32 Å². The van der Waals surface area contributed by atoms with Crippen LogP contribution in [-0.2, 0) is 10.2 Å². The van der Waals surface area contributed by atoms with Gasteiger partial charge in [0.1, 0.15) is 6.42 Å². The van der Waals surface area contributed by atoms with Gasteiger partial charge < -0.3 is 5.32 Å². The molecule has 1 rings (SSSR count). The van der Waals surface area contributed by atoms with Gasteiger partial charge in [-0.05, 0) is 36.1 Å². The number of hydrogen-bond donors (Lipinski definition) is 1. The van der Waals surface area contributed by atoms with Crippen molar-refractivity contribution < 1.29 is 9.59 Å². The van der Waals surface area contributed by atoms with Gasteiger partial charge in [-0.1, -0.05) is 20.8 Å². The van der Waals surface area contributed by atoms with Gasteiger partial charge in [-0.3, -0.25) is 9.59 Å². The Hall–Kier alpha value is -2.15. The molecule has 4 nitrogen and oxygen atoms in total. The number of hydrogen-bond acceptors (Lipinski definition) is 3. The van der Waals surface area contributed by atoms with E-state index in [4.69, 9.17) is 5.26 Å². The Morgan fingerprint density at radius 1 is 1.32 bits per heavy atom. The maximum absolute atomic E-state index is 11.5. The number of amides is 1. The molecular formula is C15H18N2O2. The Kier molecular flexibility index (Phi) is 4.44. The van der Waals surface area contributed by atoms with Crippen LogP contribution in [0.3, 0.4) is 0 Å². The standard InChI is InChI=1S/C15H18N2O2/c1-10(18)11-5-6-13(17-14(19)7-8-16)12(9-11)15(2,3)4/h5-6,9H,7H2,1-4H3,(H,17,19). The molecule has 0 heterocycles. The highest BCUT2D eigenvalue weighted by atomic mass is 16.1. The molecule has 1 aromatic carbocycles. The number of carbonyl (C=O) groups excluding carboxylic acids is 2. The Balaban J connectivity index is 3.21. The van der Waals surface area contributed by atoms with E-state index < -0.39 is 0 Å². The second kappa shape index (κ2) is 5.66. The zero-order chi connectivity index (χ0) is 14.6. The molecule has 0 saturated carbocycles. The molecule has 0 saturated heterocycles. The van der Waals surface area contributed by atoms with Gasteiger partial charge in [0.05, 0.1) is 6.07 Å². The molecule has 0 aliphatic heterocycles. The first-order valence-corrected chi connectivity index (χ1v) is 6.08. The van der Waals surface area contributed by atoms with Gasteiger partial charge in [0.25, 0.3) is 0 Å². The van der Waals surface area contributed by atoms with Crippen molar-refractivity contribution in [2.75, 3.05) is 5.32 Å². The summed E-state index contributed by atoms with van der Waals surface area (Å²) in [6, 6.07) is 7.00. The van der Waals surface area contributed by atoms with Gasteiger partial charge >= 0.3 is 0 Å². The first-order valence-electron chi connectivity index (χ1n) is 6.08. The molecule has 0 aliphatic carbocycles. The predicted octanol–water partition coefficient (Wildman–Crippen LogP) is 3.04. The summed E-state index contributed by atoms with van der Waals surface area (Å²) in [6.45, 7) is 7.53. The summed E-state index contributed by atoms with van der Waals surface area (Å²) < 4.78 is 0. The highest BCUT2D eigenvalue weighted by Crippen LogP contribution is 2.30. The highest BCUT2D eigenvalue weighted by Gasteiger charge is 2.20. The first kappa shape index (κ1) is 14.9. The maximum Gasteiger partial charge on any atom is 0.238 e. The SMILES string of the molecule is CC(=O)c1ccc(NC(=O)CC#N)c(C(C)(C)C)c1. The smallest absolute Gasteiger partial charge is 0.238 e. The monoisotopic (exact) mass is 258 g/mol. The predicted molar refractivity (Wildman–Crippen MR) is 74.0 cm³/mol. The Morgan fingerprint density at radius 2 is 1.95 bits per heavy atom. The number of benzene rings is 1. The second-order valence-electron chi connectivity index (χ2n) is 5.45. The number of carbonyl (C=O) groups is 2. The average molecular weight is 258 g/mol. The van der Waals surface area contributed by atoms with Crippen LogP contribution in [0.4, 0.5) is 5.69 Å². The molecule has 19 heavy (non-hydrogen) atoms. The number of Topliss-reactive ketones (excluding diaryl/α,β-unsaturated/α-hetero) is 1. The molecule has 0 aliphatic rings. The molecule has 0 radical (unpaired) electrons. The Bertz CT molecular complexity index is 548. The summed E-state index contributed by atoms with van der Waals surface area (Å²) in [5.41, 5.74) is 1.94. The molecule has 4 heteroatoms. The third-order valence-electron chi connectivity index (χ3n) is 2.75. The van der Waals surface area contributed by atoms with Crippen molar-refractivity contribution in [3.63, 3.8) is 0 Å². The van der Waals surface area contributed by atoms with Gasteiger partial charge in [0.2, 0.25) is 5.91 Å². The summed E-state index contributed by atoms with van der Waals surface area (Å²) in [5.74, 6) is -0.357. The van der Waals surface area contributed by atoms with Gasteiger partial charge in [0, 0.05) is 11.3 Å². The van der Waals surface area contributed by atoms with E-state index in [1.165, 1.54) is 6.92 Å². The molecule has 0 unspecified atom stereocenters. The highest BCUT2D eigenvalue weighted by molar-refractivity contribution is 5.97. The lowest BCUT2D eigenvalue weighted by Crippen LogP contribution is -2.19. The van der Waals surface area contributed by atoms with E-state index in [1.807, 2.05) is 26.8 Å². The lowest BCUT2D eigenvalue weighted by atomic mass is 9.84. The van der Waals surface area contributed by atoms with Crippen LogP contribution in [-0.4, -0.2) is 11.7 Å². The fourth-order valence-corrected chi connectivity index (χ4v) is 1.76. The molecule has 0 bridgehead atoms. The van der Waals surface area contributed by atoms with Crippen molar-refractivity contribution in [3.8, 4) is 6.07 Å². The van der Waals surface area contributed by atoms with E-state index in [0.717, 1.165) is 5.56 Å². The Morgan fingerprint density at radius 3 is 2.42 bits per heavy atom. The minimum atomic E-state index is -0.344. The zero-order valence-electron chi connectivity index (χ0n) is 11.7. The summed E-state index contributed by atoms with van der Waals surface area (Å²) >= 11 is 0. The normalized spacial score (nSPS) is 10.7. The Labute approximate surface area is 113 Å². The summed E-state index contributed by atoms with van der Waals surface area (Å²) in [7, 11) is 0. The van der Waals surface area contributed by atoms with Crippen LogP contribution in [0.5, 0.6) is 0 Å². The van der Waals surface area contributed by atoms with Crippen LogP contribution >= 0.6 is 0 Å². The summed E-state index contributed by atoms with van der Waals surface area (Å²) in [5, 5.41) is 11.2. The summed E-state index contributed by atoms with van der Waals surface area (Å²) in [6.07, 6.45) is -0.182. The maximum atomic E-state index is 11.5. The van der Waals surface area contributed by atoms with Crippen molar-refractivity contribution in [1.82, 2.24) is 0 Å². The molecular weight excluding hydrogens is 240 g/mol. The van der Waals surface area contributed by atoms with Gasteiger partial charge in [-0.25, -0.2) is 0 Å². The van der Waals surface area contributed by atoms with Gasteiger partial charge in [-0.2, -0.15) is 5.26 Å². The third-order valence-corrected chi connectivity index (χ3v) is 2.75. The van der Waals surface area contributed by atoms with E-state index in [9.17, 15) is 9.59 Å². The van der Waals surface area contributed by atoms with Crippen LogP contribution in [0.2, 0.25) is 0 Å². The molecule has 1 aromatic rings. The molecule has 0 fully saturated rings. The largest absolute Gasteiger partial charge is 0.325 e. The van der Waals surface area contributed by atoms with E-state index >= 15 is 0 Å². The lowest BCUT2D eigenvalue weighted by molar-refractivity contribution is -0.115. The first-order chi connectivity index (χ1) is 8.75. The van der Waals surface area contributed by atoms with E-state index in [0.29, 0.717) is 11.3 Å². The number of nitrogens with one attached hydrogen (secondary N) is 1. The van der Waals surface area contributed by atoms with Crippen molar-refractivity contribution in [2.24, 2.45) is 0 Å². The summed E-state index contributed by atoms with van der Waals surface area (Å²) in [4.78, 5) is 22.9. The fourth-order valence-electron chi connectivity index (χ4n) is 1.76. The molecule has 0 spiro atoms. The van der Waals surface area contributed by atoms with E-state index in [1.54, 1.807) is 18.2 Å². The second-order valence-corrected chi connectivity index (χ2v) is 5.45. The van der Waals surface area contributed by atoms with Crippen LogP contribution in [0.25, 0.3) is 0 Å². The van der Waals surface area contributed by atoms with Gasteiger partial charge in [-0.15, -0.1) is 0 Å². The van der Waals surface area contributed by atoms with E-state index in [2.05, 4.69) is 5.32 Å². The quantitative estimate of drug-likeness (QED) is 0.847. The number of rotatable bonds is 3. The van der Waals surface area contributed by atoms with Crippen molar-refractivity contribution in [3.05, 3.63) is 29.3 Å². The lowest BCUT2D eigenvalue weighted by Gasteiger charge is -2.23. The topological polar surface area (TPSA) is 70.0 Å². The zero-order valence-corrected chi connectivity index (χ0v) is 11.7. The number of nitrogens with zero attached hydrogens (tertiary/aromatic N) is 1. The van der Waals surface area contributed by atoms with Crippen molar-refractivity contribution >= 4 is 17.4 Å². The van der Waals surface area contributed by atoms with Crippen molar-refractivity contribution in [2.45, 2.75) is 39.5 Å². The average Bonchev–Trinajstić information content (AvgIpc) is 2.27. The van der Waals surface area contributed by atoms with Crippen LogP contribution in [0.15, 0.2) is 18.2 Å². The molecule has 1 amide bonds. The molecule has 1 N–H and O–H groups in total. The molecule has 100 valence electrons.